The minimum absolute atomic E-state index is 0.0805. The van der Waals surface area contributed by atoms with Crippen molar-refractivity contribution in [3.05, 3.63) is 28.3 Å². The number of piperazine rings is 1. The van der Waals surface area contributed by atoms with E-state index in [1.165, 1.54) is 6.07 Å². The quantitative estimate of drug-likeness (QED) is 0.667. The smallest absolute Gasteiger partial charge is 0.275 e. The van der Waals surface area contributed by atoms with Crippen molar-refractivity contribution < 1.29 is 9.66 Å². The van der Waals surface area contributed by atoms with E-state index in [-0.39, 0.29) is 10.6 Å². The summed E-state index contributed by atoms with van der Waals surface area (Å²) in [6.45, 7) is 8.51. The SMILES string of the molecule is CCCOc1cc(N2CC(C)NCC2C)cc([N+](=O)[O-])c1. The van der Waals surface area contributed by atoms with Crippen LogP contribution in [0.1, 0.15) is 27.2 Å². The van der Waals surface area contributed by atoms with E-state index in [4.69, 9.17) is 4.74 Å². The second-order valence-electron chi connectivity index (χ2n) is 5.60. The van der Waals surface area contributed by atoms with Gasteiger partial charge in [-0.2, -0.15) is 0 Å². The Morgan fingerprint density at radius 1 is 1.43 bits per heavy atom. The third-order valence-corrected chi connectivity index (χ3v) is 3.66. The Labute approximate surface area is 125 Å². The van der Waals surface area contributed by atoms with E-state index >= 15 is 0 Å². The van der Waals surface area contributed by atoms with Crippen LogP contribution in [0.4, 0.5) is 11.4 Å². The molecule has 2 unspecified atom stereocenters. The maximum Gasteiger partial charge on any atom is 0.275 e. The van der Waals surface area contributed by atoms with Crippen LogP contribution < -0.4 is 15.0 Å². The first kappa shape index (κ1) is 15.6. The Morgan fingerprint density at radius 2 is 2.19 bits per heavy atom. The number of non-ortho nitro benzene ring substituents is 1. The number of nitrogens with one attached hydrogen (secondary N) is 1. The molecule has 6 heteroatoms. The lowest BCUT2D eigenvalue weighted by molar-refractivity contribution is -0.384. The highest BCUT2D eigenvalue weighted by Gasteiger charge is 2.24. The van der Waals surface area contributed by atoms with Crippen molar-refractivity contribution in [1.29, 1.82) is 0 Å². The van der Waals surface area contributed by atoms with Gasteiger partial charge in [0.1, 0.15) is 5.75 Å². The van der Waals surface area contributed by atoms with E-state index in [0.717, 1.165) is 25.2 Å². The highest BCUT2D eigenvalue weighted by Crippen LogP contribution is 2.30. The Morgan fingerprint density at radius 3 is 2.86 bits per heavy atom. The van der Waals surface area contributed by atoms with Crippen molar-refractivity contribution in [2.45, 2.75) is 39.3 Å². The molecule has 0 amide bonds. The Kier molecular flexibility index (Phi) is 5.01. The molecule has 0 aromatic heterocycles. The maximum atomic E-state index is 11.1. The van der Waals surface area contributed by atoms with E-state index in [9.17, 15) is 10.1 Å². The molecule has 0 saturated carbocycles. The molecule has 1 aliphatic heterocycles. The molecule has 0 spiro atoms. The first-order valence-corrected chi connectivity index (χ1v) is 7.43. The molecule has 0 aliphatic carbocycles. The third kappa shape index (κ3) is 3.85. The molecule has 1 aromatic carbocycles. The Balaban J connectivity index is 2.32. The minimum Gasteiger partial charge on any atom is -0.493 e. The summed E-state index contributed by atoms with van der Waals surface area (Å²) in [5, 5.41) is 14.5. The van der Waals surface area contributed by atoms with Crippen LogP contribution in [0, 0.1) is 10.1 Å². The van der Waals surface area contributed by atoms with Crippen molar-refractivity contribution in [3.63, 3.8) is 0 Å². The fourth-order valence-electron chi connectivity index (χ4n) is 2.52. The fourth-order valence-corrected chi connectivity index (χ4v) is 2.52. The molecule has 1 N–H and O–H groups in total. The number of anilines is 1. The molecule has 2 rings (SSSR count). The zero-order valence-corrected chi connectivity index (χ0v) is 12.8. The van der Waals surface area contributed by atoms with Gasteiger partial charge >= 0.3 is 0 Å². The first-order valence-electron chi connectivity index (χ1n) is 7.43. The summed E-state index contributed by atoms with van der Waals surface area (Å²) in [6.07, 6.45) is 0.874. The molecular formula is C15H23N3O3. The second kappa shape index (κ2) is 6.76. The molecule has 2 atom stereocenters. The number of nitrogens with zero attached hydrogens (tertiary/aromatic N) is 2. The monoisotopic (exact) mass is 293 g/mol. The van der Waals surface area contributed by atoms with E-state index in [1.54, 1.807) is 6.07 Å². The van der Waals surface area contributed by atoms with Gasteiger partial charge in [-0.25, -0.2) is 0 Å². The van der Waals surface area contributed by atoms with Gasteiger partial charge in [0.25, 0.3) is 5.69 Å². The summed E-state index contributed by atoms with van der Waals surface area (Å²) in [5.74, 6) is 0.569. The Bertz CT molecular complexity index is 507. The lowest BCUT2D eigenvalue weighted by atomic mass is 10.1. The summed E-state index contributed by atoms with van der Waals surface area (Å²) >= 11 is 0. The van der Waals surface area contributed by atoms with Gasteiger partial charge in [0.05, 0.1) is 17.6 Å². The number of hydrogen-bond acceptors (Lipinski definition) is 5. The van der Waals surface area contributed by atoms with Crippen LogP contribution in [0.2, 0.25) is 0 Å². The van der Waals surface area contributed by atoms with Crippen LogP contribution in [0.5, 0.6) is 5.75 Å². The van der Waals surface area contributed by atoms with Gasteiger partial charge in [0.15, 0.2) is 0 Å². The van der Waals surface area contributed by atoms with Crippen molar-refractivity contribution in [3.8, 4) is 5.75 Å². The number of ether oxygens (including phenoxy) is 1. The van der Waals surface area contributed by atoms with Crippen molar-refractivity contribution in [1.82, 2.24) is 5.32 Å². The standard InChI is InChI=1S/C15H23N3O3/c1-4-5-21-15-7-13(6-14(8-15)18(19)20)17-10-11(2)16-9-12(17)3/h6-8,11-12,16H,4-5,9-10H2,1-3H3. The predicted molar refractivity (Wildman–Crippen MR) is 83.2 cm³/mol. The lowest BCUT2D eigenvalue weighted by Gasteiger charge is -2.39. The van der Waals surface area contributed by atoms with E-state index in [0.29, 0.717) is 24.4 Å². The summed E-state index contributed by atoms with van der Waals surface area (Å²) in [7, 11) is 0. The van der Waals surface area contributed by atoms with Crippen LogP contribution in [0.15, 0.2) is 18.2 Å². The number of hydrogen-bond donors (Lipinski definition) is 1. The molecule has 0 radical (unpaired) electrons. The summed E-state index contributed by atoms with van der Waals surface area (Å²) in [6, 6.07) is 5.68. The zero-order chi connectivity index (χ0) is 15.4. The average molecular weight is 293 g/mol. The molecule has 1 saturated heterocycles. The molecule has 1 fully saturated rings. The molecule has 21 heavy (non-hydrogen) atoms. The molecule has 1 heterocycles. The number of nitro benzene ring substituents is 1. The molecule has 116 valence electrons. The topological polar surface area (TPSA) is 67.6 Å². The van der Waals surface area contributed by atoms with E-state index < -0.39 is 0 Å². The minimum atomic E-state index is -0.363. The van der Waals surface area contributed by atoms with Gasteiger partial charge < -0.3 is 15.0 Å². The molecular weight excluding hydrogens is 270 g/mol. The van der Waals surface area contributed by atoms with Gasteiger partial charge in [-0.05, 0) is 20.3 Å². The fraction of sp³-hybridized carbons (Fsp3) is 0.600. The number of benzene rings is 1. The lowest BCUT2D eigenvalue weighted by Crippen LogP contribution is -2.54. The predicted octanol–water partition coefficient (Wildman–Crippen LogP) is 2.57. The van der Waals surface area contributed by atoms with Gasteiger partial charge in [-0.1, -0.05) is 6.92 Å². The summed E-state index contributed by atoms with van der Waals surface area (Å²) in [4.78, 5) is 13.0. The zero-order valence-electron chi connectivity index (χ0n) is 12.8. The molecule has 1 aromatic rings. The third-order valence-electron chi connectivity index (χ3n) is 3.66. The number of nitro groups is 1. The highest BCUT2D eigenvalue weighted by molar-refractivity contribution is 5.59. The van der Waals surface area contributed by atoms with Gasteiger partial charge in [-0.3, -0.25) is 10.1 Å². The number of rotatable bonds is 5. The van der Waals surface area contributed by atoms with Crippen LogP contribution in [0.3, 0.4) is 0 Å². The highest BCUT2D eigenvalue weighted by atomic mass is 16.6. The first-order chi connectivity index (χ1) is 10.0. The van der Waals surface area contributed by atoms with Crippen molar-refractivity contribution in [2.24, 2.45) is 0 Å². The van der Waals surface area contributed by atoms with Crippen LogP contribution in [-0.4, -0.2) is 36.7 Å². The van der Waals surface area contributed by atoms with E-state index in [2.05, 4.69) is 24.1 Å². The van der Waals surface area contributed by atoms with Crippen molar-refractivity contribution >= 4 is 11.4 Å². The summed E-state index contributed by atoms with van der Waals surface area (Å²) in [5.41, 5.74) is 0.938. The largest absolute Gasteiger partial charge is 0.493 e. The second-order valence-corrected chi connectivity index (χ2v) is 5.60. The van der Waals surface area contributed by atoms with Crippen LogP contribution in [-0.2, 0) is 0 Å². The van der Waals surface area contributed by atoms with Gasteiger partial charge in [0.2, 0.25) is 0 Å². The van der Waals surface area contributed by atoms with Gasteiger partial charge in [-0.15, -0.1) is 0 Å². The molecule has 6 nitrogen and oxygen atoms in total. The maximum absolute atomic E-state index is 11.1. The molecule has 0 bridgehead atoms. The molecule has 1 aliphatic rings. The van der Waals surface area contributed by atoms with Crippen LogP contribution in [0.25, 0.3) is 0 Å². The normalized spacial score (nSPS) is 22.1. The van der Waals surface area contributed by atoms with E-state index in [1.807, 2.05) is 13.0 Å². The van der Waals surface area contributed by atoms with Crippen LogP contribution >= 0.6 is 0 Å². The average Bonchev–Trinajstić information content (AvgIpc) is 2.47. The van der Waals surface area contributed by atoms with Gasteiger partial charge in [0, 0.05) is 43.0 Å². The van der Waals surface area contributed by atoms with Crippen molar-refractivity contribution in [2.75, 3.05) is 24.6 Å². The summed E-state index contributed by atoms with van der Waals surface area (Å²) < 4.78 is 5.59. The Hall–Kier alpha value is -1.82.